The monoisotopic (exact) mass is 374 g/mol. The summed E-state index contributed by atoms with van der Waals surface area (Å²) in [5.74, 6) is 0.633. The summed E-state index contributed by atoms with van der Waals surface area (Å²) in [6.45, 7) is 1.24. The molecular formula is C23H22N2O3. The van der Waals surface area contributed by atoms with Crippen molar-refractivity contribution in [3.05, 3.63) is 71.9 Å². The maximum Gasteiger partial charge on any atom is 0.296 e. The number of aromatic nitrogens is 1. The number of H-pyrrole nitrogens is 1. The maximum absolute atomic E-state index is 11.2. The molecule has 0 saturated heterocycles. The molecular weight excluding hydrogens is 352 g/mol. The number of ether oxygens (including phenoxy) is 2. The first-order valence-corrected chi connectivity index (χ1v) is 9.56. The lowest BCUT2D eigenvalue weighted by Crippen LogP contribution is -2.46. The zero-order chi connectivity index (χ0) is 19.1. The average molecular weight is 374 g/mol. The van der Waals surface area contributed by atoms with Gasteiger partial charge in [-0.3, -0.25) is 9.69 Å². The predicted octanol–water partition coefficient (Wildman–Crippen LogP) is 3.62. The largest absolute Gasteiger partial charge is 0.454 e. The molecule has 5 nitrogen and oxygen atoms in total. The quantitative estimate of drug-likeness (QED) is 0.547. The van der Waals surface area contributed by atoms with E-state index in [9.17, 15) is 4.79 Å². The van der Waals surface area contributed by atoms with Gasteiger partial charge < -0.3 is 14.5 Å². The Hall–Kier alpha value is -3.05. The fourth-order valence-electron chi connectivity index (χ4n) is 4.56. The molecule has 1 aliphatic heterocycles. The van der Waals surface area contributed by atoms with E-state index in [1.807, 2.05) is 30.3 Å². The number of hydrogen-bond acceptors (Lipinski definition) is 4. The van der Waals surface area contributed by atoms with Gasteiger partial charge in [0.25, 0.3) is 12.8 Å². The second-order valence-electron chi connectivity index (χ2n) is 7.52. The van der Waals surface area contributed by atoms with E-state index in [0.717, 1.165) is 18.5 Å². The highest BCUT2D eigenvalue weighted by Gasteiger charge is 2.37. The Kier molecular flexibility index (Phi) is 4.17. The van der Waals surface area contributed by atoms with Crippen molar-refractivity contribution in [3.63, 3.8) is 0 Å². The molecule has 0 saturated carbocycles. The van der Waals surface area contributed by atoms with Gasteiger partial charge in [-0.1, -0.05) is 36.4 Å². The SMILES string of the molecule is CN1CC(C(OC=O)Oc2ccccc2)C=C2c3cccc4[nH]cc(c34)C[C@@H]21. The second kappa shape index (κ2) is 6.84. The lowest BCUT2D eigenvalue weighted by molar-refractivity contribution is -0.154. The van der Waals surface area contributed by atoms with Crippen molar-refractivity contribution in [2.75, 3.05) is 13.6 Å². The van der Waals surface area contributed by atoms with Gasteiger partial charge in [-0.05, 0) is 48.4 Å². The summed E-state index contributed by atoms with van der Waals surface area (Å²) in [6, 6.07) is 16.2. The second-order valence-corrected chi connectivity index (χ2v) is 7.52. The number of hydrogen-bond donors (Lipinski definition) is 1. The summed E-state index contributed by atoms with van der Waals surface area (Å²) in [5, 5.41) is 1.30. The third kappa shape index (κ3) is 2.79. The third-order valence-corrected chi connectivity index (χ3v) is 5.83. The molecule has 2 unspecified atom stereocenters. The van der Waals surface area contributed by atoms with Crippen LogP contribution in [-0.4, -0.2) is 42.3 Å². The number of likely N-dealkylation sites (N-methyl/N-ethyl adjacent to an activating group) is 1. The lowest BCUT2D eigenvalue weighted by atomic mass is 9.80. The maximum atomic E-state index is 11.2. The number of benzene rings is 2. The van der Waals surface area contributed by atoms with E-state index in [0.29, 0.717) is 18.3 Å². The Morgan fingerprint density at radius 2 is 2.04 bits per heavy atom. The minimum Gasteiger partial charge on any atom is -0.454 e. The highest BCUT2D eigenvalue weighted by atomic mass is 16.7. The molecule has 5 rings (SSSR count). The van der Waals surface area contributed by atoms with Crippen LogP contribution in [0.4, 0.5) is 0 Å². The summed E-state index contributed by atoms with van der Waals surface area (Å²) in [7, 11) is 2.13. The van der Waals surface area contributed by atoms with Gasteiger partial charge >= 0.3 is 0 Å². The van der Waals surface area contributed by atoms with Crippen LogP contribution in [0.2, 0.25) is 0 Å². The Morgan fingerprint density at radius 1 is 1.18 bits per heavy atom. The van der Waals surface area contributed by atoms with Crippen molar-refractivity contribution in [1.29, 1.82) is 0 Å². The molecule has 0 fully saturated rings. The summed E-state index contributed by atoms with van der Waals surface area (Å²) in [6.07, 6.45) is 4.68. The molecule has 3 atom stereocenters. The molecule has 142 valence electrons. The van der Waals surface area contributed by atoms with Crippen LogP contribution in [0, 0.1) is 5.92 Å². The van der Waals surface area contributed by atoms with Gasteiger partial charge in [0.05, 0.1) is 5.92 Å². The first-order valence-electron chi connectivity index (χ1n) is 9.56. The molecule has 0 radical (unpaired) electrons. The Morgan fingerprint density at radius 3 is 2.86 bits per heavy atom. The number of carbonyl (C=O) groups is 1. The fourth-order valence-corrected chi connectivity index (χ4v) is 4.56. The molecule has 2 aliphatic rings. The zero-order valence-corrected chi connectivity index (χ0v) is 15.7. The Labute approximate surface area is 163 Å². The van der Waals surface area contributed by atoms with E-state index in [1.54, 1.807) is 0 Å². The van der Waals surface area contributed by atoms with Crippen LogP contribution in [0.5, 0.6) is 5.75 Å². The van der Waals surface area contributed by atoms with Crippen molar-refractivity contribution in [1.82, 2.24) is 9.88 Å². The molecule has 1 aromatic heterocycles. The summed E-state index contributed by atoms with van der Waals surface area (Å²) < 4.78 is 11.4. The van der Waals surface area contributed by atoms with Crippen LogP contribution in [0.3, 0.4) is 0 Å². The normalized spacial score (nSPS) is 22.2. The minimum atomic E-state index is -0.664. The van der Waals surface area contributed by atoms with E-state index in [4.69, 9.17) is 9.47 Å². The molecule has 2 heterocycles. The van der Waals surface area contributed by atoms with Crippen LogP contribution < -0.4 is 4.74 Å². The molecule has 0 spiro atoms. The van der Waals surface area contributed by atoms with Gasteiger partial charge in [-0.25, -0.2) is 0 Å². The van der Waals surface area contributed by atoms with Crippen molar-refractivity contribution in [2.24, 2.45) is 5.92 Å². The molecule has 1 N–H and O–H groups in total. The van der Waals surface area contributed by atoms with Crippen LogP contribution in [0.15, 0.2) is 60.8 Å². The van der Waals surface area contributed by atoms with Gasteiger partial charge in [0.15, 0.2) is 0 Å². The summed E-state index contributed by atoms with van der Waals surface area (Å²) >= 11 is 0. The first kappa shape index (κ1) is 17.1. The zero-order valence-electron chi connectivity index (χ0n) is 15.7. The van der Waals surface area contributed by atoms with Gasteiger partial charge in [0.2, 0.25) is 0 Å². The number of rotatable bonds is 5. The minimum absolute atomic E-state index is 0.0580. The van der Waals surface area contributed by atoms with E-state index in [2.05, 4.69) is 47.4 Å². The number of nitrogens with zero attached hydrogens (tertiary/aromatic N) is 1. The van der Waals surface area contributed by atoms with Crippen LogP contribution in [0.25, 0.3) is 16.5 Å². The van der Waals surface area contributed by atoms with Crippen molar-refractivity contribution < 1.29 is 14.3 Å². The number of aromatic amines is 1. The number of fused-ring (bicyclic) bond motifs is 2. The molecule has 1 aliphatic carbocycles. The lowest BCUT2D eigenvalue weighted by Gasteiger charge is -2.41. The van der Waals surface area contributed by atoms with Crippen molar-refractivity contribution >= 4 is 22.9 Å². The predicted molar refractivity (Wildman–Crippen MR) is 108 cm³/mol. The molecule has 0 bridgehead atoms. The van der Waals surface area contributed by atoms with Crippen molar-refractivity contribution in [3.8, 4) is 5.75 Å². The van der Waals surface area contributed by atoms with E-state index < -0.39 is 6.29 Å². The highest BCUT2D eigenvalue weighted by molar-refractivity contribution is 5.98. The first-order chi connectivity index (χ1) is 13.7. The smallest absolute Gasteiger partial charge is 0.296 e. The van der Waals surface area contributed by atoms with Crippen molar-refractivity contribution in [2.45, 2.75) is 18.8 Å². The molecule has 3 aromatic rings. The molecule has 5 heteroatoms. The molecule has 0 amide bonds. The van der Waals surface area contributed by atoms with E-state index in [-0.39, 0.29) is 5.92 Å². The van der Waals surface area contributed by atoms with Crippen LogP contribution in [0.1, 0.15) is 11.1 Å². The standard InChI is InChI=1S/C23H22N2O3/c1-25-13-16(23(27-14-26)28-17-6-3-2-4-7-17)10-19-18-8-5-9-20-22(18)15(12-24-20)11-21(19)25/h2-10,12,14,16,21,23-24H,11,13H2,1H3/t16?,21-,23?/m0/s1. The number of para-hydroxylation sites is 1. The molecule has 28 heavy (non-hydrogen) atoms. The number of carbonyl (C=O) groups excluding carboxylic acids is 1. The highest BCUT2D eigenvalue weighted by Crippen LogP contribution is 2.41. The Bertz CT molecular complexity index is 1040. The van der Waals surface area contributed by atoms with Gasteiger partial charge in [0, 0.05) is 29.7 Å². The van der Waals surface area contributed by atoms with Crippen LogP contribution >= 0.6 is 0 Å². The Balaban J connectivity index is 1.54. The fraction of sp³-hybridized carbons (Fsp3) is 0.261. The van der Waals surface area contributed by atoms with Gasteiger partial charge in [0.1, 0.15) is 5.75 Å². The third-order valence-electron chi connectivity index (χ3n) is 5.83. The van der Waals surface area contributed by atoms with E-state index in [1.165, 1.54) is 22.1 Å². The average Bonchev–Trinajstić information content (AvgIpc) is 3.14. The van der Waals surface area contributed by atoms with Gasteiger partial charge in [-0.15, -0.1) is 0 Å². The summed E-state index contributed by atoms with van der Waals surface area (Å²) in [5.41, 5.74) is 5.07. The molecule has 2 aromatic carbocycles. The number of nitrogens with one attached hydrogen (secondary N) is 1. The van der Waals surface area contributed by atoms with Gasteiger partial charge in [-0.2, -0.15) is 0 Å². The topological polar surface area (TPSA) is 54.6 Å². The van der Waals surface area contributed by atoms with E-state index >= 15 is 0 Å². The summed E-state index contributed by atoms with van der Waals surface area (Å²) in [4.78, 5) is 16.9. The van der Waals surface area contributed by atoms with Crippen LogP contribution in [-0.2, 0) is 16.0 Å².